The molecule has 0 radical (unpaired) electrons. The minimum Gasteiger partial charge on any atom is -0.467 e. The predicted molar refractivity (Wildman–Crippen MR) is 106 cm³/mol. The number of H-pyrrole nitrogens is 1. The Morgan fingerprint density at radius 1 is 1.10 bits per heavy atom. The lowest BCUT2D eigenvalue weighted by Gasteiger charge is -2.25. The maximum absolute atomic E-state index is 13.6. The quantitative estimate of drug-likeness (QED) is 0.544. The number of benzene rings is 2. The summed E-state index contributed by atoms with van der Waals surface area (Å²) in [5.74, 6) is 0.207. The SMILES string of the molecule is Cc1ccc(-c2n[nH]c3c2C(c2ccc(F)cc2)N(Cc2ccco2)C3=O)cc1. The number of furan rings is 1. The second-order valence-corrected chi connectivity index (χ2v) is 7.19. The highest BCUT2D eigenvalue weighted by Gasteiger charge is 2.42. The lowest BCUT2D eigenvalue weighted by molar-refractivity contribution is 0.0717. The molecule has 6 heteroatoms. The molecule has 3 heterocycles. The Hall–Kier alpha value is -3.67. The topological polar surface area (TPSA) is 62.1 Å². The second kappa shape index (κ2) is 6.74. The first-order chi connectivity index (χ1) is 14.1. The van der Waals surface area contributed by atoms with E-state index in [9.17, 15) is 9.18 Å². The van der Waals surface area contributed by atoms with Crippen molar-refractivity contribution in [2.75, 3.05) is 0 Å². The number of halogens is 1. The number of carbonyl (C=O) groups is 1. The Balaban J connectivity index is 1.65. The van der Waals surface area contributed by atoms with Crippen molar-refractivity contribution in [3.8, 4) is 11.3 Å². The lowest BCUT2D eigenvalue weighted by atomic mass is 9.95. The molecule has 1 aliphatic heterocycles. The zero-order valence-corrected chi connectivity index (χ0v) is 15.7. The molecule has 0 spiro atoms. The molecule has 2 aromatic heterocycles. The molecule has 144 valence electrons. The number of aromatic amines is 1. The number of aryl methyl sites for hydroxylation is 1. The van der Waals surface area contributed by atoms with Crippen LogP contribution in [-0.2, 0) is 6.54 Å². The monoisotopic (exact) mass is 387 g/mol. The number of aromatic nitrogens is 2. The molecule has 1 atom stereocenters. The smallest absolute Gasteiger partial charge is 0.273 e. The standard InChI is InChI=1S/C23H18FN3O2/c1-14-4-6-15(7-5-14)20-19-21(26-25-20)23(28)27(13-18-3-2-12-29-18)22(19)16-8-10-17(24)11-9-16/h2-12,22H,13H2,1H3,(H,25,26). The maximum Gasteiger partial charge on any atom is 0.273 e. The summed E-state index contributed by atoms with van der Waals surface area (Å²) >= 11 is 0. The molecular weight excluding hydrogens is 369 g/mol. The van der Waals surface area contributed by atoms with Crippen LogP contribution in [0.3, 0.4) is 0 Å². The number of hydrogen-bond acceptors (Lipinski definition) is 3. The molecule has 0 saturated carbocycles. The third kappa shape index (κ3) is 2.93. The first-order valence-electron chi connectivity index (χ1n) is 9.36. The van der Waals surface area contributed by atoms with Crippen molar-refractivity contribution >= 4 is 5.91 Å². The predicted octanol–water partition coefficient (Wildman–Crippen LogP) is 4.86. The third-order valence-corrected chi connectivity index (χ3v) is 5.28. The molecule has 5 nitrogen and oxygen atoms in total. The van der Waals surface area contributed by atoms with Crippen molar-refractivity contribution < 1.29 is 13.6 Å². The number of nitrogens with one attached hydrogen (secondary N) is 1. The van der Waals surface area contributed by atoms with Crippen molar-refractivity contribution in [1.82, 2.24) is 15.1 Å². The van der Waals surface area contributed by atoms with E-state index < -0.39 is 6.04 Å². The van der Waals surface area contributed by atoms with Gasteiger partial charge in [-0.3, -0.25) is 9.89 Å². The van der Waals surface area contributed by atoms with Gasteiger partial charge in [-0.15, -0.1) is 0 Å². The Bertz CT molecular complexity index is 1160. The number of carbonyl (C=O) groups excluding carboxylic acids is 1. The molecule has 29 heavy (non-hydrogen) atoms. The van der Waals surface area contributed by atoms with Gasteiger partial charge < -0.3 is 9.32 Å². The van der Waals surface area contributed by atoms with Crippen LogP contribution in [0.5, 0.6) is 0 Å². The molecule has 2 aromatic carbocycles. The van der Waals surface area contributed by atoms with E-state index >= 15 is 0 Å². The number of rotatable bonds is 4. The van der Waals surface area contributed by atoms with Crippen LogP contribution < -0.4 is 0 Å². The normalized spacial score (nSPS) is 15.7. The number of fused-ring (bicyclic) bond motifs is 1. The average Bonchev–Trinajstić information content (AvgIpc) is 3.44. The van der Waals surface area contributed by atoms with Gasteiger partial charge in [0.2, 0.25) is 0 Å². The van der Waals surface area contributed by atoms with Crippen molar-refractivity contribution in [1.29, 1.82) is 0 Å². The molecule has 0 bridgehead atoms. The summed E-state index contributed by atoms with van der Waals surface area (Å²) in [7, 11) is 0. The van der Waals surface area contributed by atoms with Gasteiger partial charge in [0.1, 0.15) is 17.3 Å². The average molecular weight is 387 g/mol. The molecule has 4 aromatic rings. The summed E-state index contributed by atoms with van der Waals surface area (Å²) < 4.78 is 19.0. The minimum atomic E-state index is -0.391. The van der Waals surface area contributed by atoms with Crippen LogP contribution in [0.1, 0.15) is 39.0 Å². The highest BCUT2D eigenvalue weighted by molar-refractivity contribution is 6.00. The van der Waals surface area contributed by atoms with E-state index in [-0.39, 0.29) is 11.7 Å². The lowest BCUT2D eigenvalue weighted by Crippen LogP contribution is -2.29. The fourth-order valence-electron chi connectivity index (χ4n) is 3.85. The highest BCUT2D eigenvalue weighted by Crippen LogP contribution is 2.43. The van der Waals surface area contributed by atoms with Gasteiger partial charge in [0, 0.05) is 11.1 Å². The van der Waals surface area contributed by atoms with Crippen LogP contribution in [0, 0.1) is 12.7 Å². The minimum absolute atomic E-state index is 0.156. The van der Waals surface area contributed by atoms with E-state index in [1.54, 1.807) is 29.4 Å². The molecule has 0 saturated heterocycles. The molecule has 0 fully saturated rings. The molecule has 1 N–H and O–H groups in total. The van der Waals surface area contributed by atoms with E-state index in [4.69, 9.17) is 4.42 Å². The maximum atomic E-state index is 13.6. The molecule has 5 rings (SSSR count). The van der Waals surface area contributed by atoms with Gasteiger partial charge >= 0.3 is 0 Å². The molecule has 1 amide bonds. The van der Waals surface area contributed by atoms with Crippen LogP contribution in [0.4, 0.5) is 4.39 Å². The van der Waals surface area contributed by atoms with Crippen LogP contribution in [0.25, 0.3) is 11.3 Å². The second-order valence-electron chi connectivity index (χ2n) is 7.19. The number of amides is 1. The summed E-state index contributed by atoms with van der Waals surface area (Å²) in [6, 6.07) is 17.5. The first kappa shape index (κ1) is 17.4. The summed E-state index contributed by atoms with van der Waals surface area (Å²) in [5.41, 5.74) is 4.88. The largest absolute Gasteiger partial charge is 0.467 e. The van der Waals surface area contributed by atoms with Crippen LogP contribution >= 0.6 is 0 Å². The zero-order valence-electron chi connectivity index (χ0n) is 15.7. The van der Waals surface area contributed by atoms with Crippen molar-refractivity contribution in [3.63, 3.8) is 0 Å². The fraction of sp³-hybridized carbons (Fsp3) is 0.130. The van der Waals surface area contributed by atoms with E-state index in [2.05, 4.69) is 10.2 Å². The van der Waals surface area contributed by atoms with Crippen molar-refractivity contribution in [2.45, 2.75) is 19.5 Å². The highest BCUT2D eigenvalue weighted by atomic mass is 19.1. The van der Waals surface area contributed by atoms with Gasteiger partial charge in [-0.2, -0.15) is 5.10 Å². The van der Waals surface area contributed by atoms with E-state index in [0.717, 1.165) is 27.9 Å². The summed E-state index contributed by atoms with van der Waals surface area (Å²) in [4.78, 5) is 14.9. The van der Waals surface area contributed by atoms with Crippen molar-refractivity contribution in [3.05, 3.63) is 101 Å². The molecule has 1 unspecified atom stereocenters. The van der Waals surface area contributed by atoms with Crippen LogP contribution in [0.15, 0.2) is 71.3 Å². The molecule has 0 aliphatic carbocycles. The first-order valence-corrected chi connectivity index (χ1v) is 9.36. The Morgan fingerprint density at radius 3 is 2.55 bits per heavy atom. The summed E-state index contributed by atoms with van der Waals surface area (Å²) in [5, 5.41) is 7.37. The van der Waals surface area contributed by atoms with Crippen LogP contribution in [-0.4, -0.2) is 21.0 Å². The van der Waals surface area contributed by atoms with E-state index in [1.165, 1.54) is 12.1 Å². The van der Waals surface area contributed by atoms with Crippen molar-refractivity contribution in [2.24, 2.45) is 0 Å². The summed E-state index contributed by atoms with van der Waals surface area (Å²) in [6.07, 6.45) is 1.58. The van der Waals surface area contributed by atoms with Gasteiger partial charge in [-0.25, -0.2) is 4.39 Å². The zero-order chi connectivity index (χ0) is 20.0. The van der Waals surface area contributed by atoms with Gasteiger partial charge in [-0.05, 0) is 36.8 Å². The van der Waals surface area contributed by atoms with E-state index in [1.807, 2.05) is 37.3 Å². The van der Waals surface area contributed by atoms with Gasteiger partial charge in [0.15, 0.2) is 0 Å². The van der Waals surface area contributed by atoms with Gasteiger partial charge in [-0.1, -0.05) is 42.0 Å². The Kier molecular flexibility index (Phi) is 4.05. The summed E-state index contributed by atoms with van der Waals surface area (Å²) in [6.45, 7) is 2.33. The van der Waals surface area contributed by atoms with Crippen LogP contribution in [0.2, 0.25) is 0 Å². The Morgan fingerprint density at radius 2 is 1.86 bits per heavy atom. The fourth-order valence-corrected chi connectivity index (χ4v) is 3.85. The Labute approximate surface area is 166 Å². The molecule has 1 aliphatic rings. The molecular formula is C23H18FN3O2. The van der Waals surface area contributed by atoms with E-state index in [0.29, 0.717) is 18.0 Å². The number of nitrogens with zero attached hydrogens (tertiary/aromatic N) is 2. The third-order valence-electron chi connectivity index (χ3n) is 5.28. The van der Waals surface area contributed by atoms with Gasteiger partial charge in [0.25, 0.3) is 5.91 Å². The number of hydrogen-bond donors (Lipinski definition) is 1. The van der Waals surface area contributed by atoms with Gasteiger partial charge in [0.05, 0.1) is 24.5 Å².